The maximum Gasteiger partial charge on any atom is 0.0150 e. The van der Waals surface area contributed by atoms with E-state index >= 15 is 0 Å². The van der Waals surface area contributed by atoms with Crippen molar-refractivity contribution in [1.29, 1.82) is 0 Å². The lowest BCUT2D eigenvalue weighted by atomic mass is 10.1. The van der Waals surface area contributed by atoms with Gasteiger partial charge in [0, 0.05) is 37.6 Å². The Morgan fingerprint density at radius 2 is 1.89 bits per heavy atom. The van der Waals surface area contributed by atoms with Crippen LogP contribution >= 0.6 is 0 Å². The standard InChI is InChI=1S/C15H27N3/c1-13-12-15(14(2)17-13)6-4-3-5-9-18-10-7-16-8-11-18/h12,16-17H,3-11H2,1-2H3. The summed E-state index contributed by atoms with van der Waals surface area (Å²) in [6, 6.07) is 2.30. The normalized spacial score (nSPS) is 17.2. The van der Waals surface area contributed by atoms with Crippen LogP contribution in [0.1, 0.15) is 36.2 Å². The highest BCUT2D eigenvalue weighted by atomic mass is 15.2. The summed E-state index contributed by atoms with van der Waals surface area (Å²) in [6.07, 6.45) is 5.26. The summed E-state index contributed by atoms with van der Waals surface area (Å²) in [6.45, 7) is 10.4. The van der Waals surface area contributed by atoms with E-state index in [1.807, 2.05) is 0 Å². The summed E-state index contributed by atoms with van der Waals surface area (Å²) in [4.78, 5) is 5.97. The lowest BCUT2D eigenvalue weighted by Gasteiger charge is -2.27. The topological polar surface area (TPSA) is 31.1 Å². The Labute approximate surface area is 111 Å². The van der Waals surface area contributed by atoms with Gasteiger partial charge in [0.15, 0.2) is 0 Å². The van der Waals surface area contributed by atoms with Gasteiger partial charge >= 0.3 is 0 Å². The van der Waals surface area contributed by atoms with Crippen LogP contribution in [0.4, 0.5) is 0 Å². The largest absolute Gasteiger partial charge is 0.362 e. The van der Waals surface area contributed by atoms with Gasteiger partial charge in [-0.3, -0.25) is 0 Å². The molecule has 0 spiro atoms. The van der Waals surface area contributed by atoms with Crippen molar-refractivity contribution in [3.63, 3.8) is 0 Å². The lowest BCUT2D eigenvalue weighted by Crippen LogP contribution is -2.43. The second kappa shape index (κ2) is 6.95. The van der Waals surface area contributed by atoms with Crippen molar-refractivity contribution >= 4 is 0 Å². The van der Waals surface area contributed by atoms with Gasteiger partial charge in [-0.25, -0.2) is 0 Å². The van der Waals surface area contributed by atoms with Gasteiger partial charge in [0.2, 0.25) is 0 Å². The van der Waals surface area contributed by atoms with E-state index in [4.69, 9.17) is 0 Å². The molecule has 2 N–H and O–H groups in total. The van der Waals surface area contributed by atoms with Crippen LogP contribution in [-0.4, -0.2) is 42.6 Å². The van der Waals surface area contributed by atoms with Gasteiger partial charge in [-0.2, -0.15) is 0 Å². The average Bonchev–Trinajstić information content (AvgIpc) is 2.69. The van der Waals surface area contributed by atoms with Crippen LogP contribution in [0.3, 0.4) is 0 Å². The number of aryl methyl sites for hydroxylation is 3. The van der Waals surface area contributed by atoms with Gasteiger partial charge < -0.3 is 15.2 Å². The number of aromatic nitrogens is 1. The van der Waals surface area contributed by atoms with Gasteiger partial charge in [0.25, 0.3) is 0 Å². The van der Waals surface area contributed by atoms with Gasteiger partial charge in [-0.1, -0.05) is 6.42 Å². The molecule has 0 unspecified atom stereocenters. The molecular weight excluding hydrogens is 222 g/mol. The molecule has 2 heterocycles. The smallest absolute Gasteiger partial charge is 0.0150 e. The molecule has 3 nitrogen and oxygen atoms in total. The Kier molecular flexibility index (Phi) is 5.26. The zero-order valence-electron chi connectivity index (χ0n) is 11.9. The minimum absolute atomic E-state index is 1.17. The van der Waals surface area contributed by atoms with Gasteiger partial charge in [0.1, 0.15) is 0 Å². The molecule has 1 aromatic rings. The maximum atomic E-state index is 3.40. The molecule has 0 aliphatic carbocycles. The van der Waals surface area contributed by atoms with E-state index in [2.05, 4.69) is 35.1 Å². The molecule has 1 saturated heterocycles. The van der Waals surface area contributed by atoms with Crippen molar-refractivity contribution in [2.24, 2.45) is 0 Å². The van der Waals surface area contributed by atoms with Crippen LogP contribution in [-0.2, 0) is 6.42 Å². The van der Waals surface area contributed by atoms with E-state index in [-0.39, 0.29) is 0 Å². The van der Waals surface area contributed by atoms with Crippen molar-refractivity contribution < 1.29 is 0 Å². The monoisotopic (exact) mass is 249 g/mol. The highest BCUT2D eigenvalue weighted by Crippen LogP contribution is 2.13. The van der Waals surface area contributed by atoms with Crippen LogP contribution in [0, 0.1) is 13.8 Å². The number of unbranched alkanes of at least 4 members (excludes halogenated alkanes) is 2. The van der Waals surface area contributed by atoms with Crippen LogP contribution in [0.25, 0.3) is 0 Å². The Balaban J connectivity index is 1.57. The summed E-state index contributed by atoms with van der Waals surface area (Å²) in [7, 11) is 0. The second-order valence-electron chi connectivity index (χ2n) is 5.50. The number of piperazine rings is 1. The molecule has 0 radical (unpaired) electrons. The number of hydrogen-bond donors (Lipinski definition) is 2. The van der Waals surface area contributed by atoms with E-state index in [0.29, 0.717) is 0 Å². The Morgan fingerprint density at radius 3 is 2.56 bits per heavy atom. The molecular formula is C15H27N3. The van der Waals surface area contributed by atoms with Gasteiger partial charge in [0.05, 0.1) is 0 Å². The molecule has 0 bridgehead atoms. The molecule has 0 amide bonds. The first-order valence-corrected chi connectivity index (χ1v) is 7.34. The number of nitrogens with zero attached hydrogens (tertiary/aromatic N) is 1. The van der Waals surface area contributed by atoms with E-state index < -0.39 is 0 Å². The minimum atomic E-state index is 1.17. The predicted octanol–water partition coefficient (Wildman–Crippen LogP) is 2.25. The molecule has 1 aromatic heterocycles. The fourth-order valence-electron chi connectivity index (χ4n) is 2.80. The molecule has 0 aromatic carbocycles. The van der Waals surface area contributed by atoms with Gasteiger partial charge in [-0.05, 0) is 51.3 Å². The third-order valence-corrected chi connectivity index (χ3v) is 3.89. The zero-order chi connectivity index (χ0) is 12.8. The van der Waals surface area contributed by atoms with E-state index in [9.17, 15) is 0 Å². The molecule has 18 heavy (non-hydrogen) atoms. The molecule has 102 valence electrons. The molecule has 0 atom stereocenters. The first-order valence-electron chi connectivity index (χ1n) is 7.34. The third-order valence-electron chi connectivity index (χ3n) is 3.89. The van der Waals surface area contributed by atoms with Crippen molar-refractivity contribution in [2.75, 3.05) is 32.7 Å². The van der Waals surface area contributed by atoms with Gasteiger partial charge in [-0.15, -0.1) is 0 Å². The van der Waals surface area contributed by atoms with Crippen LogP contribution in [0.15, 0.2) is 6.07 Å². The summed E-state index contributed by atoms with van der Waals surface area (Å²) >= 11 is 0. The van der Waals surface area contributed by atoms with Crippen molar-refractivity contribution in [2.45, 2.75) is 39.5 Å². The SMILES string of the molecule is Cc1cc(CCCCCN2CCNCC2)c(C)[nH]1. The zero-order valence-corrected chi connectivity index (χ0v) is 11.9. The minimum Gasteiger partial charge on any atom is -0.362 e. The highest BCUT2D eigenvalue weighted by molar-refractivity contribution is 5.24. The van der Waals surface area contributed by atoms with Crippen LogP contribution < -0.4 is 5.32 Å². The summed E-state index contributed by atoms with van der Waals surface area (Å²) in [5.41, 5.74) is 4.16. The molecule has 1 aliphatic heterocycles. The fraction of sp³-hybridized carbons (Fsp3) is 0.733. The van der Waals surface area contributed by atoms with Crippen LogP contribution in [0.5, 0.6) is 0 Å². The number of H-pyrrole nitrogens is 1. The highest BCUT2D eigenvalue weighted by Gasteiger charge is 2.08. The Hall–Kier alpha value is -0.800. The molecule has 0 saturated carbocycles. The Bertz CT molecular complexity index is 351. The first kappa shape index (κ1) is 13.6. The summed E-state index contributed by atoms with van der Waals surface area (Å²) in [5.74, 6) is 0. The number of aromatic amines is 1. The van der Waals surface area contributed by atoms with Crippen molar-refractivity contribution in [3.05, 3.63) is 23.0 Å². The quantitative estimate of drug-likeness (QED) is 0.758. The van der Waals surface area contributed by atoms with E-state index in [0.717, 1.165) is 0 Å². The number of hydrogen-bond acceptors (Lipinski definition) is 2. The maximum absolute atomic E-state index is 3.40. The van der Waals surface area contributed by atoms with Crippen LogP contribution in [0.2, 0.25) is 0 Å². The second-order valence-corrected chi connectivity index (χ2v) is 5.50. The van der Waals surface area contributed by atoms with Crippen molar-refractivity contribution in [1.82, 2.24) is 15.2 Å². The van der Waals surface area contributed by atoms with E-state index in [1.165, 1.54) is 75.4 Å². The average molecular weight is 249 g/mol. The number of nitrogens with one attached hydrogen (secondary N) is 2. The summed E-state index contributed by atoms with van der Waals surface area (Å²) in [5, 5.41) is 3.40. The fourth-order valence-corrected chi connectivity index (χ4v) is 2.80. The molecule has 1 fully saturated rings. The lowest BCUT2D eigenvalue weighted by molar-refractivity contribution is 0.236. The molecule has 1 aliphatic rings. The van der Waals surface area contributed by atoms with E-state index in [1.54, 1.807) is 0 Å². The Morgan fingerprint density at radius 1 is 1.11 bits per heavy atom. The van der Waals surface area contributed by atoms with Crippen molar-refractivity contribution in [3.8, 4) is 0 Å². The molecule has 2 rings (SSSR count). The third kappa shape index (κ3) is 4.14. The number of rotatable bonds is 6. The predicted molar refractivity (Wildman–Crippen MR) is 77.1 cm³/mol. The molecule has 3 heteroatoms. The first-order chi connectivity index (χ1) is 8.75. The summed E-state index contributed by atoms with van der Waals surface area (Å²) < 4.78 is 0.